The largest absolute Gasteiger partial charge is 0.370 e. The average Bonchev–Trinajstić information content (AvgIpc) is 2.66. The van der Waals surface area contributed by atoms with Gasteiger partial charge in [-0.2, -0.15) is 0 Å². The van der Waals surface area contributed by atoms with Crippen LogP contribution >= 0.6 is 12.2 Å². The monoisotopic (exact) mass is 289 g/mol. The molecule has 2 heterocycles. The second-order valence-electron chi connectivity index (χ2n) is 5.00. The molecule has 0 bridgehead atoms. The van der Waals surface area contributed by atoms with E-state index in [0.717, 1.165) is 42.9 Å². The van der Waals surface area contributed by atoms with Crippen LogP contribution in [0.5, 0.6) is 0 Å². The van der Waals surface area contributed by atoms with Crippen LogP contribution in [0.4, 0.5) is 10.2 Å². The lowest BCUT2D eigenvalue weighted by Crippen LogP contribution is -2.08. The Morgan fingerprint density at radius 2 is 2.10 bits per heavy atom. The molecule has 20 heavy (non-hydrogen) atoms. The van der Waals surface area contributed by atoms with Gasteiger partial charge in [-0.15, -0.1) is 0 Å². The van der Waals surface area contributed by atoms with Crippen LogP contribution in [0, 0.1) is 10.6 Å². The molecule has 1 aliphatic rings. The fourth-order valence-corrected chi connectivity index (χ4v) is 2.79. The molecular formula is C15H16FN3S. The maximum Gasteiger partial charge on any atom is 0.198 e. The van der Waals surface area contributed by atoms with Crippen molar-refractivity contribution < 1.29 is 4.39 Å². The molecule has 0 unspecified atom stereocenters. The third kappa shape index (κ3) is 2.72. The van der Waals surface area contributed by atoms with Crippen molar-refractivity contribution in [2.45, 2.75) is 25.7 Å². The van der Waals surface area contributed by atoms with Gasteiger partial charge in [0.15, 0.2) is 4.77 Å². The fourth-order valence-electron chi connectivity index (χ4n) is 2.58. The number of nitrogens with one attached hydrogen (secondary N) is 2. The lowest BCUT2D eigenvalue weighted by Gasteiger charge is -2.12. The zero-order valence-corrected chi connectivity index (χ0v) is 11.9. The Kier molecular flexibility index (Phi) is 3.78. The molecule has 104 valence electrons. The number of hydrogen-bond donors (Lipinski definition) is 2. The first-order valence-electron chi connectivity index (χ1n) is 6.83. The molecule has 1 aromatic heterocycles. The van der Waals surface area contributed by atoms with Crippen LogP contribution in [-0.4, -0.2) is 16.5 Å². The Morgan fingerprint density at radius 1 is 1.25 bits per heavy atom. The van der Waals surface area contributed by atoms with Gasteiger partial charge in [0, 0.05) is 24.2 Å². The molecule has 2 aromatic rings. The first-order chi connectivity index (χ1) is 9.74. The van der Waals surface area contributed by atoms with Crippen molar-refractivity contribution >= 4 is 18.0 Å². The molecule has 1 aliphatic heterocycles. The predicted molar refractivity (Wildman–Crippen MR) is 80.1 cm³/mol. The van der Waals surface area contributed by atoms with Crippen molar-refractivity contribution in [3.05, 3.63) is 51.7 Å². The number of benzene rings is 1. The molecule has 0 saturated heterocycles. The molecule has 5 heteroatoms. The van der Waals surface area contributed by atoms with Crippen molar-refractivity contribution in [1.29, 1.82) is 0 Å². The highest BCUT2D eigenvalue weighted by Gasteiger charge is 2.15. The van der Waals surface area contributed by atoms with Crippen molar-refractivity contribution in [3.8, 4) is 0 Å². The Morgan fingerprint density at radius 3 is 2.95 bits per heavy atom. The van der Waals surface area contributed by atoms with Gasteiger partial charge in [0.1, 0.15) is 11.6 Å². The van der Waals surface area contributed by atoms with Gasteiger partial charge >= 0.3 is 0 Å². The highest BCUT2D eigenvalue weighted by atomic mass is 32.1. The second kappa shape index (κ2) is 5.71. The third-order valence-corrected chi connectivity index (χ3v) is 3.79. The molecule has 0 saturated carbocycles. The first-order valence-corrected chi connectivity index (χ1v) is 7.24. The molecule has 0 radical (unpaired) electrons. The molecule has 3 nitrogen and oxygen atoms in total. The minimum atomic E-state index is -0.182. The number of hydrogen-bond acceptors (Lipinski definition) is 3. The quantitative estimate of drug-likeness (QED) is 0.830. The third-order valence-electron chi connectivity index (χ3n) is 3.59. The number of fused-ring (bicyclic) bond motifs is 1. The van der Waals surface area contributed by atoms with Crippen molar-refractivity contribution in [2.75, 3.05) is 11.9 Å². The van der Waals surface area contributed by atoms with Crippen LogP contribution in [-0.2, 0) is 12.8 Å². The first kappa shape index (κ1) is 13.2. The van der Waals surface area contributed by atoms with Gasteiger partial charge in [0.25, 0.3) is 0 Å². The summed E-state index contributed by atoms with van der Waals surface area (Å²) < 4.78 is 14.3. The highest BCUT2D eigenvalue weighted by Crippen LogP contribution is 2.24. The number of rotatable bonds is 2. The van der Waals surface area contributed by atoms with Gasteiger partial charge in [0.2, 0.25) is 0 Å². The van der Waals surface area contributed by atoms with E-state index >= 15 is 0 Å². The molecule has 1 aromatic carbocycles. The second-order valence-corrected chi connectivity index (χ2v) is 5.39. The summed E-state index contributed by atoms with van der Waals surface area (Å²) in [6, 6.07) is 6.85. The van der Waals surface area contributed by atoms with Gasteiger partial charge < -0.3 is 10.3 Å². The lowest BCUT2D eigenvalue weighted by molar-refractivity contribution is 0.612. The van der Waals surface area contributed by atoms with Gasteiger partial charge in [0.05, 0.1) is 0 Å². The summed E-state index contributed by atoms with van der Waals surface area (Å²) >= 11 is 5.18. The van der Waals surface area contributed by atoms with Gasteiger partial charge in [-0.05, 0) is 43.1 Å². The van der Waals surface area contributed by atoms with Gasteiger partial charge in [-0.25, -0.2) is 9.37 Å². The molecule has 0 spiro atoms. The molecule has 0 amide bonds. The average molecular weight is 289 g/mol. The molecular weight excluding hydrogens is 273 g/mol. The number of aromatic nitrogens is 2. The van der Waals surface area contributed by atoms with E-state index in [-0.39, 0.29) is 5.82 Å². The summed E-state index contributed by atoms with van der Waals surface area (Å²) in [7, 11) is 0. The number of H-pyrrole nitrogens is 1. The van der Waals surface area contributed by atoms with Crippen LogP contribution < -0.4 is 5.32 Å². The van der Waals surface area contributed by atoms with E-state index in [0.29, 0.717) is 16.8 Å². The smallest absolute Gasteiger partial charge is 0.198 e. The summed E-state index contributed by atoms with van der Waals surface area (Å²) in [6.07, 6.45) is 3.69. The van der Waals surface area contributed by atoms with E-state index < -0.39 is 0 Å². The summed E-state index contributed by atoms with van der Waals surface area (Å²) in [5.74, 6) is 0.677. The van der Waals surface area contributed by atoms with Crippen molar-refractivity contribution in [3.63, 3.8) is 0 Å². The predicted octanol–water partition coefficient (Wildman–Crippen LogP) is 3.62. The lowest BCUT2D eigenvalue weighted by atomic mass is 10.0. The number of nitrogens with zero attached hydrogens (tertiary/aromatic N) is 1. The summed E-state index contributed by atoms with van der Waals surface area (Å²) in [5.41, 5.74) is 2.79. The van der Waals surface area contributed by atoms with Crippen molar-refractivity contribution in [2.24, 2.45) is 0 Å². The van der Waals surface area contributed by atoms with Crippen LogP contribution in [0.2, 0.25) is 0 Å². The van der Waals surface area contributed by atoms with Crippen molar-refractivity contribution in [1.82, 2.24) is 9.97 Å². The highest BCUT2D eigenvalue weighted by molar-refractivity contribution is 7.71. The topological polar surface area (TPSA) is 40.7 Å². The van der Waals surface area contributed by atoms with E-state index in [1.165, 1.54) is 6.07 Å². The Balaban J connectivity index is 2.03. The van der Waals surface area contributed by atoms with Crippen LogP contribution in [0.3, 0.4) is 0 Å². The number of halogens is 1. The van der Waals surface area contributed by atoms with E-state index in [1.54, 1.807) is 6.07 Å². The zero-order valence-electron chi connectivity index (χ0n) is 11.1. The zero-order chi connectivity index (χ0) is 13.9. The molecule has 3 rings (SSSR count). The maximum absolute atomic E-state index is 13.8. The minimum absolute atomic E-state index is 0.182. The molecule has 0 aliphatic carbocycles. The molecule has 0 atom stereocenters. The molecule has 2 N–H and O–H groups in total. The van der Waals surface area contributed by atoms with Gasteiger partial charge in [-0.3, -0.25) is 0 Å². The summed E-state index contributed by atoms with van der Waals surface area (Å²) in [4.78, 5) is 7.49. The van der Waals surface area contributed by atoms with E-state index in [4.69, 9.17) is 12.2 Å². The molecule has 0 fully saturated rings. The summed E-state index contributed by atoms with van der Waals surface area (Å²) in [5, 5.41) is 3.32. The Bertz CT molecular complexity index is 681. The number of aromatic amines is 1. The van der Waals surface area contributed by atoms with Gasteiger partial charge in [-0.1, -0.05) is 18.2 Å². The summed E-state index contributed by atoms with van der Waals surface area (Å²) in [6.45, 7) is 0.915. The van der Waals surface area contributed by atoms with E-state index in [2.05, 4.69) is 15.3 Å². The normalized spacial score (nSPS) is 14.2. The standard InChI is InChI=1S/C15H16FN3S/c16-12-7-2-1-5-10(12)9-13-11-6-3-4-8-17-14(11)19-15(20)18-13/h1-2,5,7H,3-4,6,8-9H2,(H2,17,18,19,20). The fraction of sp³-hybridized carbons (Fsp3) is 0.333. The van der Waals surface area contributed by atoms with Crippen LogP contribution in [0.1, 0.15) is 29.7 Å². The Labute approximate surface area is 122 Å². The van der Waals surface area contributed by atoms with Crippen LogP contribution in [0.25, 0.3) is 0 Å². The SMILES string of the molecule is Fc1ccccc1Cc1[nH]c(=S)nc2c1CCCCN2. The van der Waals surface area contributed by atoms with Crippen LogP contribution in [0.15, 0.2) is 24.3 Å². The maximum atomic E-state index is 13.8. The van der Waals surface area contributed by atoms with E-state index in [1.807, 2.05) is 12.1 Å². The van der Waals surface area contributed by atoms with E-state index in [9.17, 15) is 4.39 Å². The minimum Gasteiger partial charge on any atom is -0.370 e. The number of anilines is 1. The Hall–Kier alpha value is -1.75.